The molecular formula is C8H11NO4S2. The van der Waals surface area contributed by atoms with Crippen LogP contribution in [0.25, 0.3) is 0 Å². The van der Waals surface area contributed by atoms with Crippen LogP contribution in [0.5, 0.6) is 0 Å². The minimum Gasteiger partial charge on any atom is -0.398 e. The minimum atomic E-state index is -3.42. The summed E-state index contributed by atoms with van der Waals surface area (Å²) in [5.41, 5.74) is 5.41. The molecule has 5 nitrogen and oxygen atoms in total. The molecule has 0 heterocycles. The lowest BCUT2D eigenvalue weighted by molar-refractivity contribution is 0.598. The van der Waals surface area contributed by atoms with Gasteiger partial charge >= 0.3 is 0 Å². The summed E-state index contributed by atoms with van der Waals surface area (Å²) in [5.74, 6) is 0. The smallest absolute Gasteiger partial charge is 0.177 e. The molecule has 0 spiro atoms. The zero-order valence-corrected chi connectivity index (χ0v) is 9.89. The van der Waals surface area contributed by atoms with Crippen LogP contribution < -0.4 is 5.73 Å². The van der Waals surface area contributed by atoms with Crippen molar-refractivity contribution < 1.29 is 16.8 Å². The largest absolute Gasteiger partial charge is 0.398 e. The molecule has 2 N–H and O–H groups in total. The van der Waals surface area contributed by atoms with E-state index in [0.717, 1.165) is 18.6 Å². The van der Waals surface area contributed by atoms with Crippen LogP contribution >= 0.6 is 0 Å². The van der Waals surface area contributed by atoms with Gasteiger partial charge in [-0.1, -0.05) is 0 Å². The van der Waals surface area contributed by atoms with Crippen molar-refractivity contribution in [1.82, 2.24) is 0 Å². The van der Waals surface area contributed by atoms with E-state index in [0.29, 0.717) is 0 Å². The van der Waals surface area contributed by atoms with Crippen molar-refractivity contribution in [2.24, 2.45) is 0 Å². The van der Waals surface area contributed by atoms with Crippen molar-refractivity contribution >= 4 is 25.4 Å². The van der Waals surface area contributed by atoms with Crippen LogP contribution in [0, 0.1) is 0 Å². The molecule has 0 amide bonds. The lowest BCUT2D eigenvalue weighted by Crippen LogP contribution is -2.05. The highest BCUT2D eigenvalue weighted by molar-refractivity contribution is 7.91. The molecule has 0 saturated heterocycles. The van der Waals surface area contributed by atoms with Crippen LogP contribution in [-0.2, 0) is 19.7 Å². The van der Waals surface area contributed by atoms with E-state index >= 15 is 0 Å². The molecule has 0 aliphatic carbocycles. The first-order valence-corrected chi connectivity index (χ1v) is 7.70. The molecule has 1 aromatic rings. The van der Waals surface area contributed by atoms with Gasteiger partial charge in [0.15, 0.2) is 19.7 Å². The fourth-order valence-electron chi connectivity index (χ4n) is 1.09. The number of hydrogen-bond donors (Lipinski definition) is 1. The van der Waals surface area contributed by atoms with Crippen LogP contribution in [-0.4, -0.2) is 29.3 Å². The lowest BCUT2D eigenvalue weighted by atomic mass is 10.3. The van der Waals surface area contributed by atoms with Crippen LogP contribution in [0.15, 0.2) is 28.0 Å². The Hall–Kier alpha value is -1.08. The van der Waals surface area contributed by atoms with Gasteiger partial charge in [-0.2, -0.15) is 0 Å². The predicted molar refractivity (Wildman–Crippen MR) is 57.1 cm³/mol. The Kier molecular flexibility index (Phi) is 2.79. The van der Waals surface area contributed by atoms with Crippen LogP contribution in [0.2, 0.25) is 0 Å². The van der Waals surface area contributed by atoms with Crippen molar-refractivity contribution in [1.29, 1.82) is 0 Å². The topological polar surface area (TPSA) is 94.3 Å². The van der Waals surface area contributed by atoms with E-state index in [1.807, 2.05) is 0 Å². The van der Waals surface area contributed by atoms with Gasteiger partial charge in [0.25, 0.3) is 0 Å². The summed E-state index contributed by atoms with van der Waals surface area (Å²) >= 11 is 0. The fraction of sp³-hybridized carbons (Fsp3) is 0.250. The Morgan fingerprint density at radius 3 is 1.87 bits per heavy atom. The highest BCUT2D eigenvalue weighted by atomic mass is 32.2. The van der Waals surface area contributed by atoms with Crippen molar-refractivity contribution in [3.8, 4) is 0 Å². The molecule has 84 valence electrons. The highest BCUT2D eigenvalue weighted by Crippen LogP contribution is 2.21. The monoisotopic (exact) mass is 249 g/mol. The Morgan fingerprint density at radius 1 is 1.00 bits per heavy atom. The molecule has 15 heavy (non-hydrogen) atoms. The van der Waals surface area contributed by atoms with Gasteiger partial charge in [0.1, 0.15) is 0 Å². The van der Waals surface area contributed by atoms with Gasteiger partial charge in [-0.3, -0.25) is 0 Å². The van der Waals surface area contributed by atoms with Gasteiger partial charge in [-0.25, -0.2) is 16.8 Å². The summed E-state index contributed by atoms with van der Waals surface area (Å²) in [5, 5.41) is 0. The van der Waals surface area contributed by atoms with Crippen molar-refractivity contribution in [3.63, 3.8) is 0 Å². The first-order valence-electron chi connectivity index (χ1n) is 3.92. The van der Waals surface area contributed by atoms with Gasteiger partial charge in [-0.15, -0.1) is 0 Å². The Morgan fingerprint density at radius 2 is 1.53 bits per heavy atom. The van der Waals surface area contributed by atoms with E-state index in [4.69, 9.17) is 5.73 Å². The summed E-state index contributed by atoms with van der Waals surface area (Å²) < 4.78 is 44.7. The normalized spacial score (nSPS) is 12.7. The third-order valence-corrected chi connectivity index (χ3v) is 4.09. The molecule has 0 saturated carbocycles. The average molecular weight is 249 g/mol. The number of sulfone groups is 2. The van der Waals surface area contributed by atoms with Crippen LogP contribution in [0.4, 0.5) is 5.69 Å². The third-order valence-electron chi connectivity index (χ3n) is 1.81. The van der Waals surface area contributed by atoms with Crippen LogP contribution in [0.3, 0.4) is 0 Å². The van der Waals surface area contributed by atoms with Crippen molar-refractivity contribution in [3.05, 3.63) is 18.2 Å². The molecule has 1 aromatic carbocycles. The molecule has 0 unspecified atom stereocenters. The predicted octanol–water partition coefficient (Wildman–Crippen LogP) is 0.0758. The standard InChI is InChI=1S/C8H11NO4S2/c1-14(10,11)6-3-4-8(7(9)5-6)15(2,12)13/h3-5H,9H2,1-2H3. The van der Waals surface area contributed by atoms with Gasteiger partial charge in [-0.05, 0) is 18.2 Å². The average Bonchev–Trinajstić information content (AvgIpc) is 1.99. The highest BCUT2D eigenvalue weighted by Gasteiger charge is 2.14. The maximum absolute atomic E-state index is 11.2. The number of hydrogen-bond acceptors (Lipinski definition) is 5. The first kappa shape index (κ1) is 12.0. The number of rotatable bonds is 2. The fourth-order valence-corrected chi connectivity index (χ4v) is 2.55. The number of nitrogen functional groups attached to an aromatic ring is 1. The van der Waals surface area contributed by atoms with Gasteiger partial charge < -0.3 is 5.73 Å². The number of nitrogens with two attached hydrogens (primary N) is 1. The summed E-state index contributed by atoms with van der Waals surface area (Å²) in [7, 11) is -6.78. The third kappa shape index (κ3) is 2.69. The minimum absolute atomic E-state index is 0.00685. The Balaban J connectivity index is 3.47. The van der Waals surface area contributed by atoms with E-state index in [9.17, 15) is 16.8 Å². The lowest BCUT2D eigenvalue weighted by Gasteiger charge is -2.05. The molecule has 0 bridgehead atoms. The van der Waals surface area contributed by atoms with Crippen molar-refractivity contribution in [2.45, 2.75) is 9.79 Å². The van der Waals surface area contributed by atoms with E-state index in [1.54, 1.807) is 0 Å². The molecule has 0 atom stereocenters. The Bertz CT molecular complexity index is 587. The molecule has 1 rings (SSSR count). The molecule has 7 heteroatoms. The summed E-state index contributed by atoms with van der Waals surface area (Å²) in [4.78, 5) is -0.0534. The zero-order chi connectivity index (χ0) is 11.9. The summed E-state index contributed by atoms with van der Waals surface area (Å²) in [6, 6.07) is 3.56. The number of anilines is 1. The SMILES string of the molecule is CS(=O)(=O)c1ccc(S(C)(=O)=O)c(N)c1. The molecular weight excluding hydrogens is 238 g/mol. The molecule has 0 aliphatic rings. The second-order valence-corrected chi connectivity index (χ2v) is 7.24. The summed E-state index contributed by atoms with van der Waals surface area (Å²) in [6.45, 7) is 0. The molecule has 0 fully saturated rings. The second kappa shape index (κ2) is 3.49. The van der Waals surface area contributed by atoms with Gasteiger partial charge in [0.05, 0.1) is 15.5 Å². The molecule has 0 aromatic heterocycles. The summed E-state index contributed by atoms with van der Waals surface area (Å²) in [6.07, 6.45) is 2.04. The van der Waals surface area contributed by atoms with E-state index in [2.05, 4.69) is 0 Å². The second-order valence-electron chi connectivity index (χ2n) is 3.24. The maximum atomic E-state index is 11.2. The van der Waals surface area contributed by atoms with Gasteiger partial charge in [0, 0.05) is 12.5 Å². The molecule has 0 aliphatic heterocycles. The zero-order valence-electron chi connectivity index (χ0n) is 8.26. The first-order chi connectivity index (χ1) is 6.62. The van der Waals surface area contributed by atoms with E-state index in [1.165, 1.54) is 12.1 Å². The Labute approximate surface area is 88.8 Å². The van der Waals surface area contributed by atoms with E-state index in [-0.39, 0.29) is 15.5 Å². The maximum Gasteiger partial charge on any atom is 0.177 e. The molecule has 0 radical (unpaired) electrons. The quantitative estimate of drug-likeness (QED) is 0.749. The van der Waals surface area contributed by atoms with Crippen molar-refractivity contribution in [2.75, 3.05) is 18.2 Å². The van der Waals surface area contributed by atoms with Crippen LogP contribution in [0.1, 0.15) is 0 Å². The van der Waals surface area contributed by atoms with Gasteiger partial charge in [0.2, 0.25) is 0 Å². The van der Waals surface area contributed by atoms with E-state index < -0.39 is 19.7 Å². The number of benzene rings is 1.